The summed E-state index contributed by atoms with van der Waals surface area (Å²) in [7, 11) is 1.97. The van der Waals surface area contributed by atoms with E-state index >= 15 is 0 Å². The number of hydrogen-bond acceptors (Lipinski definition) is 2. The van der Waals surface area contributed by atoms with E-state index in [1.807, 2.05) is 13.2 Å². The second-order valence-corrected chi connectivity index (χ2v) is 4.42. The molecule has 0 aromatic carbocycles. The lowest BCUT2D eigenvalue weighted by atomic mass is 10.1. The van der Waals surface area contributed by atoms with Crippen molar-refractivity contribution in [2.75, 3.05) is 7.05 Å². The Morgan fingerprint density at radius 2 is 2.00 bits per heavy atom. The van der Waals surface area contributed by atoms with Gasteiger partial charge in [-0.25, -0.2) is 0 Å². The normalized spacial score (nSPS) is 10.9. The van der Waals surface area contributed by atoms with Gasteiger partial charge in [0.15, 0.2) is 0 Å². The molecule has 0 radical (unpaired) electrons. The number of hydrogen-bond donors (Lipinski definition) is 1. The summed E-state index contributed by atoms with van der Waals surface area (Å²) in [6.07, 6.45) is 8.60. The first-order valence-electron chi connectivity index (χ1n) is 6.45. The van der Waals surface area contributed by atoms with Gasteiger partial charge in [-0.1, -0.05) is 32.6 Å². The van der Waals surface area contributed by atoms with E-state index in [1.165, 1.54) is 43.4 Å². The first-order chi connectivity index (χ1) is 7.79. The molecule has 0 bridgehead atoms. The minimum atomic E-state index is 0.918. The number of rotatable bonds is 8. The molecule has 1 aromatic rings. The number of nitrogens with zero attached hydrogens (tertiary/aromatic N) is 2. The van der Waals surface area contributed by atoms with Crippen molar-refractivity contribution in [3.05, 3.63) is 17.5 Å². The molecule has 1 heterocycles. The molecule has 0 aliphatic heterocycles. The van der Waals surface area contributed by atoms with Crippen LogP contribution >= 0.6 is 0 Å². The van der Waals surface area contributed by atoms with Gasteiger partial charge in [0, 0.05) is 24.3 Å². The lowest BCUT2D eigenvalue weighted by Gasteiger charge is -2.05. The van der Waals surface area contributed by atoms with Gasteiger partial charge < -0.3 is 5.32 Å². The molecule has 0 aliphatic rings. The summed E-state index contributed by atoms with van der Waals surface area (Å²) in [5, 5.41) is 7.60. The van der Waals surface area contributed by atoms with Crippen LogP contribution < -0.4 is 5.32 Å². The van der Waals surface area contributed by atoms with E-state index in [1.54, 1.807) is 0 Å². The molecule has 1 aromatic heterocycles. The maximum atomic E-state index is 4.43. The number of nitrogens with one attached hydrogen (secondary N) is 1. The van der Waals surface area contributed by atoms with Gasteiger partial charge in [-0.2, -0.15) is 5.10 Å². The molecule has 0 unspecified atom stereocenters. The Morgan fingerprint density at radius 3 is 2.69 bits per heavy atom. The van der Waals surface area contributed by atoms with Crippen LogP contribution in [-0.4, -0.2) is 16.8 Å². The van der Waals surface area contributed by atoms with Crippen molar-refractivity contribution >= 4 is 0 Å². The topological polar surface area (TPSA) is 29.9 Å². The quantitative estimate of drug-likeness (QED) is 0.687. The summed E-state index contributed by atoms with van der Waals surface area (Å²) < 4.78 is 2.14. The van der Waals surface area contributed by atoms with Crippen LogP contribution in [0, 0.1) is 6.92 Å². The molecule has 3 heteroatoms. The van der Waals surface area contributed by atoms with Crippen molar-refractivity contribution in [2.24, 2.45) is 0 Å². The third kappa shape index (κ3) is 3.97. The van der Waals surface area contributed by atoms with Crippen LogP contribution in [0.4, 0.5) is 0 Å². The first-order valence-corrected chi connectivity index (χ1v) is 6.45. The zero-order valence-electron chi connectivity index (χ0n) is 10.9. The molecule has 1 N–H and O–H groups in total. The van der Waals surface area contributed by atoms with Crippen molar-refractivity contribution in [1.29, 1.82) is 0 Å². The van der Waals surface area contributed by atoms with Crippen LogP contribution in [0.25, 0.3) is 0 Å². The van der Waals surface area contributed by atoms with Crippen LogP contribution in [0.1, 0.15) is 50.3 Å². The minimum absolute atomic E-state index is 0.918. The fourth-order valence-electron chi connectivity index (χ4n) is 1.94. The summed E-state index contributed by atoms with van der Waals surface area (Å²) in [4.78, 5) is 0. The Morgan fingerprint density at radius 1 is 1.25 bits per heavy atom. The fourth-order valence-corrected chi connectivity index (χ4v) is 1.94. The third-order valence-electron chi connectivity index (χ3n) is 3.05. The molecule has 16 heavy (non-hydrogen) atoms. The highest BCUT2D eigenvalue weighted by Gasteiger charge is 2.04. The minimum Gasteiger partial charge on any atom is -0.316 e. The van der Waals surface area contributed by atoms with Gasteiger partial charge in [-0.15, -0.1) is 0 Å². The summed E-state index contributed by atoms with van der Waals surface area (Å²) >= 11 is 0. The molecule has 0 atom stereocenters. The standard InChI is InChI=1S/C13H25N3/c1-4-5-6-7-8-9-16-12(2)13(10-14-3)11-15-16/h11,14H,4-10H2,1-3H3. The van der Waals surface area contributed by atoms with E-state index in [0.29, 0.717) is 0 Å². The number of aromatic nitrogens is 2. The molecular formula is C13H25N3. The number of unbranched alkanes of at least 4 members (excludes halogenated alkanes) is 4. The van der Waals surface area contributed by atoms with Gasteiger partial charge in [0.1, 0.15) is 0 Å². The lowest BCUT2D eigenvalue weighted by Crippen LogP contribution is -2.07. The molecule has 3 nitrogen and oxygen atoms in total. The van der Waals surface area contributed by atoms with Gasteiger partial charge in [-0.05, 0) is 20.4 Å². The van der Waals surface area contributed by atoms with E-state index in [0.717, 1.165) is 13.1 Å². The Hall–Kier alpha value is -0.830. The summed E-state index contributed by atoms with van der Waals surface area (Å²) in [5.41, 5.74) is 2.63. The monoisotopic (exact) mass is 223 g/mol. The van der Waals surface area contributed by atoms with E-state index < -0.39 is 0 Å². The van der Waals surface area contributed by atoms with Gasteiger partial charge >= 0.3 is 0 Å². The van der Waals surface area contributed by atoms with Crippen molar-refractivity contribution in [1.82, 2.24) is 15.1 Å². The van der Waals surface area contributed by atoms with E-state index in [-0.39, 0.29) is 0 Å². The molecule has 0 spiro atoms. The summed E-state index contributed by atoms with van der Waals surface area (Å²) in [5.74, 6) is 0. The van der Waals surface area contributed by atoms with Crippen LogP contribution in [0.15, 0.2) is 6.20 Å². The van der Waals surface area contributed by atoms with Gasteiger partial charge in [0.05, 0.1) is 6.20 Å². The molecule has 0 amide bonds. The number of aryl methyl sites for hydroxylation is 1. The highest BCUT2D eigenvalue weighted by atomic mass is 15.3. The molecular weight excluding hydrogens is 198 g/mol. The SMILES string of the molecule is CCCCCCCn1ncc(CNC)c1C. The summed E-state index contributed by atoms with van der Waals surface area (Å²) in [6, 6.07) is 0. The molecule has 0 aliphatic carbocycles. The zero-order valence-corrected chi connectivity index (χ0v) is 10.9. The largest absolute Gasteiger partial charge is 0.316 e. The van der Waals surface area contributed by atoms with Gasteiger partial charge in [0.25, 0.3) is 0 Å². The van der Waals surface area contributed by atoms with E-state index in [9.17, 15) is 0 Å². The van der Waals surface area contributed by atoms with Crippen molar-refractivity contribution < 1.29 is 0 Å². The maximum absolute atomic E-state index is 4.43. The smallest absolute Gasteiger partial charge is 0.0537 e. The fraction of sp³-hybridized carbons (Fsp3) is 0.769. The van der Waals surface area contributed by atoms with Crippen LogP contribution in [0.2, 0.25) is 0 Å². The first kappa shape index (κ1) is 13.2. The lowest BCUT2D eigenvalue weighted by molar-refractivity contribution is 0.524. The molecule has 1 rings (SSSR count). The molecule has 0 fully saturated rings. The predicted octanol–water partition coefficient (Wildman–Crippen LogP) is 2.88. The Balaban J connectivity index is 2.31. The molecule has 92 valence electrons. The van der Waals surface area contributed by atoms with Crippen LogP contribution in [-0.2, 0) is 13.1 Å². The van der Waals surface area contributed by atoms with Gasteiger partial charge in [-0.3, -0.25) is 4.68 Å². The predicted molar refractivity (Wildman–Crippen MR) is 68.5 cm³/mol. The van der Waals surface area contributed by atoms with Crippen LogP contribution in [0.3, 0.4) is 0 Å². The second-order valence-electron chi connectivity index (χ2n) is 4.42. The average Bonchev–Trinajstić information content (AvgIpc) is 2.62. The Kier molecular flexibility index (Phi) is 6.16. The average molecular weight is 223 g/mol. The summed E-state index contributed by atoms with van der Waals surface area (Å²) in [6.45, 7) is 6.40. The molecule has 0 saturated carbocycles. The highest BCUT2D eigenvalue weighted by Crippen LogP contribution is 2.09. The van der Waals surface area contributed by atoms with Crippen molar-refractivity contribution in [3.63, 3.8) is 0 Å². The zero-order chi connectivity index (χ0) is 11.8. The highest BCUT2D eigenvalue weighted by molar-refractivity contribution is 5.15. The van der Waals surface area contributed by atoms with Crippen molar-refractivity contribution in [3.8, 4) is 0 Å². The van der Waals surface area contributed by atoms with Crippen molar-refractivity contribution in [2.45, 2.75) is 59.0 Å². The van der Waals surface area contributed by atoms with E-state index in [4.69, 9.17) is 0 Å². The molecule has 0 saturated heterocycles. The Labute approximate surface area is 99.2 Å². The second kappa shape index (κ2) is 7.44. The van der Waals surface area contributed by atoms with Crippen LogP contribution in [0.5, 0.6) is 0 Å². The van der Waals surface area contributed by atoms with Gasteiger partial charge in [0.2, 0.25) is 0 Å². The van der Waals surface area contributed by atoms with E-state index in [2.05, 4.69) is 28.9 Å². The Bertz CT molecular complexity index is 291. The maximum Gasteiger partial charge on any atom is 0.0537 e. The third-order valence-corrected chi connectivity index (χ3v) is 3.05.